The molecular formula is C13H15NO5S. The molecule has 20 heavy (non-hydrogen) atoms. The zero-order valence-corrected chi connectivity index (χ0v) is 11.9. The van der Waals surface area contributed by atoms with Gasteiger partial charge in [-0.25, -0.2) is 12.7 Å². The van der Waals surface area contributed by atoms with Gasteiger partial charge in [-0.2, -0.15) is 0 Å². The van der Waals surface area contributed by atoms with Crippen LogP contribution >= 0.6 is 0 Å². The Hall–Kier alpha value is -1.89. The Morgan fingerprint density at radius 1 is 1.30 bits per heavy atom. The lowest BCUT2D eigenvalue weighted by Crippen LogP contribution is -2.68. The summed E-state index contributed by atoms with van der Waals surface area (Å²) in [6.07, 6.45) is -0.453. The van der Waals surface area contributed by atoms with Gasteiger partial charge in [-0.1, -0.05) is 30.3 Å². The average Bonchev–Trinajstić information content (AvgIpc) is 2.38. The average molecular weight is 297 g/mol. The van der Waals surface area contributed by atoms with E-state index >= 15 is 0 Å². The van der Waals surface area contributed by atoms with Crippen LogP contribution in [0.25, 0.3) is 0 Å². The molecule has 1 heterocycles. The molecule has 108 valence electrons. The number of carbonyl (C=O) groups is 2. The molecule has 0 radical (unpaired) electrons. The fourth-order valence-corrected chi connectivity index (χ4v) is 3.83. The van der Waals surface area contributed by atoms with Gasteiger partial charge in [0.2, 0.25) is 0 Å². The normalized spacial score (nSPS) is 21.1. The van der Waals surface area contributed by atoms with Gasteiger partial charge < -0.3 is 5.11 Å². The van der Waals surface area contributed by atoms with Crippen molar-refractivity contribution >= 4 is 21.9 Å². The molecule has 2 rings (SSSR count). The minimum absolute atomic E-state index is 0.453. The maximum absolute atomic E-state index is 12.2. The number of amides is 1. The van der Waals surface area contributed by atoms with E-state index in [1.807, 2.05) is 0 Å². The number of carboxylic acid groups (broad SMARTS) is 1. The van der Waals surface area contributed by atoms with Gasteiger partial charge in [0, 0.05) is 0 Å². The quantitative estimate of drug-likeness (QED) is 0.900. The van der Waals surface area contributed by atoms with Gasteiger partial charge in [0.25, 0.3) is 15.9 Å². The monoisotopic (exact) mass is 297 g/mol. The van der Waals surface area contributed by atoms with Crippen molar-refractivity contribution in [3.8, 4) is 0 Å². The third kappa shape index (κ3) is 1.98. The first-order chi connectivity index (χ1) is 9.19. The van der Waals surface area contributed by atoms with Gasteiger partial charge in [0.05, 0.1) is 12.5 Å². The van der Waals surface area contributed by atoms with Crippen molar-refractivity contribution in [2.45, 2.75) is 31.1 Å². The number of carboxylic acids is 1. The van der Waals surface area contributed by atoms with Crippen molar-refractivity contribution in [1.29, 1.82) is 0 Å². The van der Waals surface area contributed by atoms with E-state index in [0.29, 0.717) is 9.87 Å². The number of hydrogen-bond donors (Lipinski definition) is 1. The van der Waals surface area contributed by atoms with Gasteiger partial charge in [-0.15, -0.1) is 0 Å². The van der Waals surface area contributed by atoms with Crippen LogP contribution in [0.2, 0.25) is 0 Å². The summed E-state index contributed by atoms with van der Waals surface area (Å²) in [6.45, 7) is 2.65. The standard InChI is InChI=1S/C13H15NO5S/c1-13(2)12(17)14(20(13,18)19)10(8-11(15)16)9-6-4-3-5-7-9/h3-7,10H,8H2,1-2H3,(H,15,16). The van der Waals surface area contributed by atoms with Crippen LogP contribution in [-0.4, -0.2) is 34.5 Å². The molecule has 1 aliphatic rings. The SMILES string of the molecule is CC1(C)C(=O)N(C(CC(=O)O)c2ccccc2)S1(=O)=O. The van der Waals surface area contributed by atoms with E-state index < -0.39 is 39.1 Å². The van der Waals surface area contributed by atoms with Crippen LogP contribution < -0.4 is 0 Å². The van der Waals surface area contributed by atoms with Gasteiger partial charge in [-0.05, 0) is 19.4 Å². The molecule has 1 amide bonds. The fraction of sp³-hybridized carbons (Fsp3) is 0.385. The maximum atomic E-state index is 12.2. The number of rotatable bonds is 4. The molecule has 0 aliphatic carbocycles. The Balaban J connectivity index is 2.45. The molecule has 0 bridgehead atoms. The number of aliphatic carboxylic acids is 1. The molecule has 1 aromatic rings. The molecule has 1 aliphatic heterocycles. The summed E-state index contributed by atoms with van der Waals surface area (Å²) >= 11 is 0. The lowest BCUT2D eigenvalue weighted by molar-refractivity contribution is -0.140. The molecule has 1 atom stereocenters. The minimum atomic E-state index is -3.82. The summed E-state index contributed by atoms with van der Waals surface area (Å²) < 4.78 is 23.6. The highest BCUT2D eigenvalue weighted by Gasteiger charge is 2.62. The highest BCUT2D eigenvalue weighted by atomic mass is 32.2. The summed E-state index contributed by atoms with van der Waals surface area (Å²) in [5.74, 6) is -1.74. The zero-order valence-electron chi connectivity index (χ0n) is 11.1. The predicted molar refractivity (Wildman–Crippen MR) is 71.3 cm³/mol. The van der Waals surface area contributed by atoms with Crippen molar-refractivity contribution in [2.75, 3.05) is 0 Å². The van der Waals surface area contributed by atoms with Crippen molar-refractivity contribution in [1.82, 2.24) is 4.31 Å². The van der Waals surface area contributed by atoms with E-state index in [1.54, 1.807) is 30.3 Å². The van der Waals surface area contributed by atoms with Crippen LogP contribution in [0.4, 0.5) is 0 Å². The van der Waals surface area contributed by atoms with Crippen LogP contribution in [0.3, 0.4) is 0 Å². The summed E-state index contributed by atoms with van der Waals surface area (Å²) in [5, 5.41) is 8.97. The van der Waals surface area contributed by atoms with Crippen molar-refractivity contribution < 1.29 is 23.1 Å². The van der Waals surface area contributed by atoms with E-state index in [-0.39, 0.29) is 0 Å². The number of benzene rings is 1. The summed E-state index contributed by atoms with van der Waals surface area (Å²) in [6, 6.07) is 7.30. The van der Waals surface area contributed by atoms with Crippen molar-refractivity contribution in [3.63, 3.8) is 0 Å². The molecule has 0 aromatic heterocycles. The predicted octanol–water partition coefficient (Wildman–Crippen LogP) is 1.15. The lowest BCUT2D eigenvalue weighted by atomic mass is 10.0. The molecule has 7 heteroatoms. The number of nitrogens with zero attached hydrogens (tertiary/aromatic N) is 1. The fourth-order valence-electron chi connectivity index (χ4n) is 2.18. The topological polar surface area (TPSA) is 91.8 Å². The lowest BCUT2D eigenvalue weighted by Gasteiger charge is -2.46. The van der Waals surface area contributed by atoms with Crippen LogP contribution in [-0.2, 0) is 19.6 Å². The van der Waals surface area contributed by atoms with Gasteiger partial charge in [0.1, 0.15) is 0 Å². The van der Waals surface area contributed by atoms with E-state index in [9.17, 15) is 18.0 Å². The minimum Gasteiger partial charge on any atom is -0.481 e. The van der Waals surface area contributed by atoms with E-state index in [2.05, 4.69) is 0 Å². The Morgan fingerprint density at radius 2 is 1.85 bits per heavy atom. The van der Waals surface area contributed by atoms with E-state index in [4.69, 9.17) is 5.11 Å². The highest BCUT2D eigenvalue weighted by Crippen LogP contribution is 2.42. The zero-order chi connectivity index (χ0) is 15.1. The Labute approximate surface area is 117 Å². The first-order valence-corrected chi connectivity index (χ1v) is 7.48. The van der Waals surface area contributed by atoms with Crippen LogP contribution in [0.1, 0.15) is 31.9 Å². The number of hydrogen-bond acceptors (Lipinski definition) is 4. The Bertz CT molecular complexity index is 651. The summed E-state index contributed by atoms with van der Waals surface area (Å²) in [5.41, 5.74) is 0.488. The second kappa shape index (κ2) is 4.59. The van der Waals surface area contributed by atoms with Gasteiger partial charge in [-0.3, -0.25) is 9.59 Å². The second-order valence-corrected chi connectivity index (χ2v) is 7.50. The smallest absolute Gasteiger partial charge is 0.305 e. The summed E-state index contributed by atoms with van der Waals surface area (Å²) in [4.78, 5) is 23.0. The van der Waals surface area contributed by atoms with Crippen LogP contribution in [0, 0.1) is 0 Å². The molecule has 1 N–H and O–H groups in total. The largest absolute Gasteiger partial charge is 0.481 e. The molecule has 1 saturated heterocycles. The molecule has 1 aromatic carbocycles. The number of sulfonamides is 1. The van der Waals surface area contributed by atoms with E-state index in [1.165, 1.54) is 13.8 Å². The third-order valence-electron chi connectivity index (χ3n) is 3.45. The third-order valence-corrected chi connectivity index (χ3v) is 5.86. The van der Waals surface area contributed by atoms with Gasteiger partial charge in [0.15, 0.2) is 4.75 Å². The van der Waals surface area contributed by atoms with Crippen LogP contribution in [0.15, 0.2) is 30.3 Å². The molecule has 1 unspecified atom stereocenters. The van der Waals surface area contributed by atoms with Crippen LogP contribution in [0.5, 0.6) is 0 Å². The van der Waals surface area contributed by atoms with E-state index in [0.717, 1.165) is 0 Å². The highest BCUT2D eigenvalue weighted by molar-refractivity contribution is 7.94. The molecule has 1 fully saturated rings. The molecule has 6 nitrogen and oxygen atoms in total. The molecule has 0 saturated carbocycles. The molecular weight excluding hydrogens is 282 g/mol. The summed E-state index contributed by atoms with van der Waals surface area (Å²) in [7, 11) is -3.82. The Morgan fingerprint density at radius 3 is 2.30 bits per heavy atom. The first-order valence-electron chi connectivity index (χ1n) is 6.04. The molecule has 0 spiro atoms. The Kier molecular flexibility index (Phi) is 3.33. The number of carbonyl (C=O) groups excluding carboxylic acids is 1. The second-order valence-electron chi connectivity index (χ2n) is 5.14. The van der Waals surface area contributed by atoms with Crippen molar-refractivity contribution in [2.24, 2.45) is 0 Å². The first kappa shape index (κ1) is 14.5. The van der Waals surface area contributed by atoms with Gasteiger partial charge >= 0.3 is 5.97 Å². The van der Waals surface area contributed by atoms with Crippen molar-refractivity contribution in [3.05, 3.63) is 35.9 Å². The maximum Gasteiger partial charge on any atom is 0.305 e.